The summed E-state index contributed by atoms with van der Waals surface area (Å²) in [5, 5.41) is 0. The van der Waals surface area contributed by atoms with Crippen LogP contribution in [-0.2, 0) is 4.79 Å². The summed E-state index contributed by atoms with van der Waals surface area (Å²) in [6.07, 6.45) is 4.79. The molecule has 0 saturated heterocycles. The van der Waals surface area contributed by atoms with Crippen molar-refractivity contribution in [3.63, 3.8) is 0 Å². The van der Waals surface area contributed by atoms with E-state index in [9.17, 15) is 4.79 Å². The van der Waals surface area contributed by atoms with Crippen LogP contribution in [0.4, 0.5) is 0 Å². The smallest absolute Gasteiger partial charge is 0.336 e. The molecule has 3 heteroatoms. The van der Waals surface area contributed by atoms with Gasteiger partial charge in [0.05, 0.1) is 0 Å². The molecule has 0 unspecified atom stereocenters. The molecule has 0 aliphatic carbocycles. The van der Waals surface area contributed by atoms with Crippen molar-refractivity contribution in [3.05, 3.63) is 66.0 Å². The molecule has 0 radical (unpaired) electrons. The van der Waals surface area contributed by atoms with Crippen molar-refractivity contribution in [2.75, 3.05) is 0 Å². The lowest BCUT2D eigenvalue weighted by Gasteiger charge is -1.97. The summed E-state index contributed by atoms with van der Waals surface area (Å²) in [5.41, 5.74) is 1.97. The van der Waals surface area contributed by atoms with E-state index in [1.807, 2.05) is 43.3 Å². The van der Waals surface area contributed by atoms with E-state index in [1.54, 1.807) is 18.3 Å². The molecule has 0 atom stereocenters. The monoisotopic (exact) mass is 240 g/mol. The van der Waals surface area contributed by atoms with Gasteiger partial charge in [0.2, 0.25) is 6.20 Å². The molecule has 0 aliphatic heterocycles. The van der Waals surface area contributed by atoms with Crippen molar-refractivity contribution in [2.24, 2.45) is 0 Å². The van der Waals surface area contributed by atoms with Gasteiger partial charge in [0.1, 0.15) is 0 Å². The summed E-state index contributed by atoms with van der Waals surface area (Å²) in [5.74, 6) is 0.111. The minimum atomic E-state index is -0.392. The number of esters is 1. The second-order valence-corrected chi connectivity index (χ2v) is 3.87. The number of hydrogen-bond donors (Lipinski definition) is 0. The molecule has 90 valence electrons. The third-order valence-electron chi connectivity index (χ3n) is 2.37. The lowest BCUT2D eigenvalue weighted by atomic mass is 10.2. The van der Waals surface area contributed by atoms with Crippen LogP contribution in [0, 0.1) is 6.92 Å². The van der Waals surface area contributed by atoms with Gasteiger partial charge in [0.15, 0.2) is 11.4 Å². The number of rotatable bonds is 3. The molecule has 1 aromatic carbocycles. The molecule has 1 aromatic heterocycles. The Morgan fingerprint density at radius 3 is 2.61 bits per heavy atom. The fraction of sp³-hybridized carbons (Fsp3) is 0.0667. The van der Waals surface area contributed by atoms with Crippen molar-refractivity contribution >= 4 is 12.0 Å². The molecule has 0 spiro atoms. The van der Waals surface area contributed by atoms with Gasteiger partial charge in [-0.25, -0.2) is 9.78 Å². The molecule has 0 amide bonds. The second kappa shape index (κ2) is 5.77. The van der Waals surface area contributed by atoms with Gasteiger partial charge in [-0.3, -0.25) is 0 Å². The van der Waals surface area contributed by atoms with Gasteiger partial charge in [-0.05, 0) is 17.7 Å². The topological polar surface area (TPSA) is 40.4 Å². The first-order chi connectivity index (χ1) is 8.74. The molecular formula is C15H14NO2+. The standard InChI is InChI=1S/C15H13NO2/c1-12-7-9-14(11-16-12)18-15(17)10-8-13-5-3-2-4-6-13/h2-11H,1H3/p+1. The van der Waals surface area contributed by atoms with E-state index in [0.29, 0.717) is 5.75 Å². The maximum absolute atomic E-state index is 11.5. The SMILES string of the molecule is Cc1ccc(OC(=O)C=Cc2ccccc2)c[nH+]1. The molecule has 3 nitrogen and oxygen atoms in total. The number of ether oxygens (including phenoxy) is 1. The lowest BCUT2D eigenvalue weighted by molar-refractivity contribution is -0.388. The van der Waals surface area contributed by atoms with Gasteiger partial charge in [0, 0.05) is 19.1 Å². The summed E-state index contributed by atoms with van der Waals surface area (Å²) < 4.78 is 5.13. The zero-order valence-corrected chi connectivity index (χ0v) is 10.1. The molecule has 0 aliphatic rings. The first-order valence-electron chi connectivity index (χ1n) is 5.67. The van der Waals surface area contributed by atoms with Crippen LogP contribution < -0.4 is 9.72 Å². The average molecular weight is 240 g/mol. The second-order valence-electron chi connectivity index (χ2n) is 3.87. The number of H-pyrrole nitrogens is 1. The predicted molar refractivity (Wildman–Crippen MR) is 68.8 cm³/mol. The summed E-state index contributed by atoms with van der Waals surface area (Å²) >= 11 is 0. The number of aromatic nitrogens is 1. The van der Waals surface area contributed by atoms with E-state index < -0.39 is 5.97 Å². The number of carbonyl (C=O) groups excluding carboxylic acids is 1. The maximum atomic E-state index is 11.5. The van der Waals surface area contributed by atoms with Gasteiger partial charge in [-0.2, -0.15) is 0 Å². The van der Waals surface area contributed by atoms with Crippen LogP contribution in [0.1, 0.15) is 11.3 Å². The highest BCUT2D eigenvalue weighted by molar-refractivity contribution is 5.88. The van der Waals surface area contributed by atoms with Crippen molar-refractivity contribution in [3.8, 4) is 5.75 Å². The van der Waals surface area contributed by atoms with Crippen LogP contribution in [0.2, 0.25) is 0 Å². The van der Waals surface area contributed by atoms with Crippen LogP contribution in [0.5, 0.6) is 5.75 Å². The van der Waals surface area contributed by atoms with E-state index in [1.165, 1.54) is 6.08 Å². The zero-order chi connectivity index (χ0) is 12.8. The van der Waals surface area contributed by atoms with Crippen LogP contribution in [0.3, 0.4) is 0 Å². The van der Waals surface area contributed by atoms with Gasteiger partial charge >= 0.3 is 5.97 Å². The Labute approximate surface area is 106 Å². The normalized spacial score (nSPS) is 10.5. The Morgan fingerprint density at radius 2 is 1.94 bits per heavy atom. The van der Waals surface area contributed by atoms with Crippen LogP contribution in [0.25, 0.3) is 6.08 Å². The number of hydrogen-bond acceptors (Lipinski definition) is 2. The molecular weight excluding hydrogens is 226 g/mol. The van der Waals surface area contributed by atoms with E-state index in [2.05, 4.69) is 4.98 Å². The van der Waals surface area contributed by atoms with Gasteiger partial charge < -0.3 is 4.74 Å². The van der Waals surface area contributed by atoms with E-state index >= 15 is 0 Å². The minimum absolute atomic E-state index is 0.392. The fourth-order valence-electron chi connectivity index (χ4n) is 1.43. The molecule has 0 fully saturated rings. The zero-order valence-electron chi connectivity index (χ0n) is 10.1. The number of benzene rings is 1. The molecule has 2 rings (SSSR count). The molecule has 18 heavy (non-hydrogen) atoms. The summed E-state index contributed by atoms with van der Waals surface area (Å²) in [4.78, 5) is 14.5. The number of aromatic amines is 1. The van der Waals surface area contributed by atoms with Crippen LogP contribution >= 0.6 is 0 Å². The quantitative estimate of drug-likeness (QED) is 0.610. The molecule has 1 heterocycles. The van der Waals surface area contributed by atoms with Gasteiger partial charge in [-0.1, -0.05) is 30.3 Å². The molecule has 0 saturated carbocycles. The Kier molecular flexibility index (Phi) is 3.86. The van der Waals surface area contributed by atoms with Crippen LogP contribution in [-0.4, -0.2) is 5.97 Å². The molecule has 2 aromatic rings. The number of pyridine rings is 1. The highest BCUT2D eigenvalue weighted by Gasteiger charge is 2.03. The number of nitrogens with one attached hydrogen (secondary N) is 1. The van der Waals surface area contributed by atoms with Crippen molar-refractivity contribution in [1.29, 1.82) is 0 Å². The fourth-order valence-corrected chi connectivity index (χ4v) is 1.43. The highest BCUT2D eigenvalue weighted by Crippen LogP contribution is 2.07. The van der Waals surface area contributed by atoms with E-state index in [4.69, 9.17) is 4.74 Å². The highest BCUT2D eigenvalue weighted by atomic mass is 16.5. The summed E-state index contributed by atoms with van der Waals surface area (Å²) in [6.45, 7) is 1.93. The minimum Gasteiger partial charge on any atom is -0.417 e. The van der Waals surface area contributed by atoms with Gasteiger partial charge in [0.25, 0.3) is 0 Å². The Morgan fingerprint density at radius 1 is 1.17 bits per heavy atom. The average Bonchev–Trinajstić information content (AvgIpc) is 2.40. The summed E-state index contributed by atoms with van der Waals surface area (Å²) in [6, 6.07) is 13.2. The molecule has 1 N–H and O–H groups in total. The Bertz CT molecular complexity index is 544. The van der Waals surface area contributed by atoms with Gasteiger partial charge in [-0.15, -0.1) is 0 Å². The third kappa shape index (κ3) is 3.56. The Hall–Kier alpha value is -2.42. The Balaban J connectivity index is 1.97. The first kappa shape index (κ1) is 12.0. The summed E-state index contributed by atoms with van der Waals surface area (Å²) in [7, 11) is 0. The lowest BCUT2D eigenvalue weighted by Crippen LogP contribution is -2.10. The van der Waals surface area contributed by atoms with E-state index in [0.717, 1.165) is 11.3 Å². The predicted octanol–water partition coefficient (Wildman–Crippen LogP) is 2.43. The third-order valence-corrected chi connectivity index (χ3v) is 2.37. The first-order valence-corrected chi connectivity index (χ1v) is 5.67. The number of aryl methyl sites for hydroxylation is 1. The van der Waals surface area contributed by atoms with Crippen molar-refractivity contribution in [2.45, 2.75) is 6.92 Å². The van der Waals surface area contributed by atoms with Crippen molar-refractivity contribution < 1.29 is 14.5 Å². The largest absolute Gasteiger partial charge is 0.417 e. The maximum Gasteiger partial charge on any atom is 0.336 e. The van der Waals surface area contributed by atoms with E-state index in [-0.39, 0.29) is 0 Å². The number of carbonyl (C=O) groups is 1. The van der Waals surface area contributed by atoms with Crippen molar-refractivity contribution in [1.82, 2.24) is 0 Å². The van der Waals surface area contributed by atoms with Crippen LogP contribution in [0.15, 0.2) is 54.7 Å². The molecule has 0 bridgehead atoms.